The second kappa shape index (κ2) is 6.96. The molecule has 0 atom stereocenters. The zero-order chi connectivity index (χ0) is 16.2. The molecule has 4 nitrogen and oxygen atoms in total. The molecule has 1 aliphatic heterocycles. The highest BCUT2D eigenvalue weighted by Crippen LogP contribution is 2.21. The predicted octanol–water partition coefficient (Wildman–Crippen LogP) is 3.72. The van der Waals surface area contributed by atoms with Gasteiger partial charge in [0, 0.05) is 30.9 Å². The number of likely N-dealkylation sites (tertiary alicyclic amines) is 1. The van der Waals surface area contributed by atoms with Crippen LogP contribution < -0.4 is 5.32 Å². The summed E-state index contributed by atoms with van der Waals surface area (Å²) in [4.78, 5) is 18.7. The number of halogens is 2. The van der Waals surface area contributed by atoms with E-state index in [9.17, 15) is 9.18 Å². The van der Waals surface area contributed by atoms with Crippen LogP contribution in [0.25, 0.3) is 0 Å². The Labute approximate surface area is 139 Å². The van der Waals surface area contributed by atoms with Gasteiger partial charge >= 0.3 is 0 Å². The first-order valence-electron chi connectivity index (χ1n) is 7.57. The van der Waals surface area contributed by atoms with Gasteiger partial charge in [-0.1, -0.05) is 17.7 Å². The number of nitrogens with one attached hydrogen (secondary N) is 1. The van der Waals surface area contributed by atoms with E-state index in [-0.39, 0.29) is 11.7 Å². The normalized spacial score (nSPS) is 14.1. The fraction of sp³-hybridized carbons (Fsp3) is 0.294. The number of amides is 1. The molecule has 6 heteroatoms. The number of hydrogen-bond acceptors (Lipinski definition) is 3. The number of aromatic nitrogens is 1. The third-order valence-corrected chi connectivity index (χ3v) is 4.24. The smallest absolute Gasteiger partial charge is 0.257 e. The molecule has 120 valence electrons. The van der Waals surface area contributed by atoms with Crippen LogP contribution in [0.2, 0.25) is 5.02 Å². The van der Waals surface area contributed by atoms with E-state index in [1.54, 1.807) is 24.4 Å². The Morgan fingerprint density at radius 3 is 2.83 bits per heavy atom. The molecular weight excluding hydrogens is 317 g/mol. The van der Waals surface area contributed by atoms with E-state index in [0.29, 0.717) is 22.9 Å². The summed E-state index contributed by atoms with van der Waals surface area (Å²) in [6, 6.07) is 7.77. The Balaban J connectivity index is 1.76. The van der Waals surface area contributed by atoms with E-state index < -0.39 is 0 Å². The fourth-order valence-electron chi connectivity index (χ4n) is 2.65. The van der Waals surface area contributed by atoms with Crippen molar-refractivity contribution < 1.29 is 9.18 Å². The fourth-order valence-corrected chi connectivity index (χ4v) is 2.89. The summed E-state index contributed by atoms with van der Waals surface area (Å²) in [6.07, 6.45) is 3.72. The summed E-state index contributed by atoms with van der Waals surface area (Å²) in [5.41, 5.74) is 1.30. The van der Waals surface area contributed by atoms with Crippen LogP contribution in [-0.4, -0.2) is 28.9 Å². The number of anilines is 1. The number of nitrogens with zero attached hydrogens (tertiary/aromatic N) is 2. The molecule has 23 heavy (non-hydrogen) atoms. The van der Waals surface area contributed by atoms with Gasteiger partial charge in [0.15, 0.2) is 0 Å². The quantitative estimate of drug-likeness (QED) is 0.927. The highest BCUT2D eigenvalue weighted by atomic mass is 35.5. The van der Waals surface area contributed by atoms with Crippen molar-refractivity contribution in [3.63, 3.8) is 0 Å². The van der Waals surface area contributed by atoms with Gasteiger partial charge in [0.05, 0.1) is 5.56 Å². The maximum atomic E-state index is 13.1. The molecule has 3 rings (SSSR count). The minimum absolute atomic E-state index is 0.0108. The Morgan fingerprint density at radius 1 is 1.30 bits per heavy atom. The van der Waals surface area contributed by atoms with E-state index in [1.807, 2.05) is 4.90 Å². The molecule has 0 saturated carbocycles. The topological polar surface area (TPSA) is 45.2 Å². The Hall–Kier alpha value is -2.14. The maximum absolute atomic E-state index is 13.1. The van der Waals surface area contributed by atoms with Crippen molar-refractivity contribution in [1.82, 2.24) is 9.88 Å². The first-order chi connectivity index (χ1) is 11.1. The van der Waals surface area contributed by atoms with Crippen molar-refractivity contribution in [2.24, 2.45) is 0 Å². The van der Waals surface area contributed by atoms with Crippen LogP contribution >= 0.6 is 11.6 Å². The van der Waals surface area contributed by atoms with Gasteiger partial charge in [-0.3, -0.25) is 4.79 Å². The summed E-state index contributed by atoms with van der Waals surface area (Å²) in [6.45, 7) is 1.95. The highest BCUT2D eigenvalue weighted by Gasteiger charge is 2.22. The third-order valence-electron chi connectivity index (χ3n) is 3.89. The van der Waals surface area contributed by atoms with Crippen LogP contribution in [0.5, 0.6) is 0 Å². The zero-order valence-electron chi connectivity index (χ0n) is 12.6. The largest absolute Gasteiger partial charge is 0.365 e. The molecule has 2 aromatic rings. The number of pyridine rings is 1. The second-order valence-electron chi connectivity index (χ2n) is 5.49. The zero-order valence-corrected chi connectivity index (χ0v) is 13.3. The molecule has 1 aromatic carbocycles. The monoisotopic (exact) mass is 333 g/mol. The number of carbonyl (C=O) groups excluding carboxylic acids is 1. The molecule has 2 heterocycles. The van der Waals surface area contributed by atoms with Crippen molar-refractivity contribution in [3.05, 3.63) is 58.5 Å². The van der Waals surface area contributed by atoms with Crippen molar-refractivity contribution >= 4 is 23.3 Å². The van der Waals surface area contributed by atoms with Crippen LogP contribution in [-0.2, 0) is 6.54 Å². The average molecular weight is 334 g/mol. The SMILES string of the molecule is O=C(c1cccnc1NCc1ccc(F)cc1Cl)N1CCCC1. The van der Waals surface area contributed by atoms with Gasteiger partial charge in [0.25, 0.3) is 5.91 Å². The Kier molecular flexibility index (Phi) is 4.76. The molecule has 0 aliphatic carbocycles. The predicted molar refractivity (Wildman–Crippen MR) is 88.1 cm³/mol. The number of carbonyl (C=O) groups is 1. The first kappa shape index (κ1) is 15.7. The highest BCUT2D eigenvalue weighted by molar-refractivity contribution is 6.31. The lowest BCUT2D eigenvalue weighted by molar-refractivity contribution is 0.0793. The van der Waals surface area contributed by atoms with Crippen molar-refractivity contribution in [1.29, 1.82) is 0 Å². The summed E-state index contributed by atoms with van der Waals surface area (Å²) >= 11 is 6.03. The molecule has 1 fully saturated rings. The van der Waals surface area contributed by atoms with Gasteiger partial charge in [0.2, 0.25) is 0 Å². The van der Waals surface area contributed by atoms with Crippen molar-refractivity contribution in [2.75, 3.05) is 18.4 Å². The van der Waals surface area contributed by atoms with E-state index >= 15 is 0 Å². The summed E-state index contributed by atoms with van der Waals surface area (Å²) in [5, 5.41) is 3.48. The minimum atomic E-state index is -0.374. The summed E-state index contributed by atoms with van der Waals surface area (Å²) in [7, 11) is 0. The molecule has 1 aliphatic rings. The van der Waals surface area contributed by atoms with Gasteiger partial charge in [-0.15, -0.1) is 0 Å². The molecule has 1 saturated heterocycles. The van der Waals surface area contributed by atoms with Crippen LogP contribution in [0.4, 0.5) is 10.2 Å². The minimum Gasteiger partial charge on any atom is -0.365 e. The van der Waals surface area contributed by atoms with Crippen LogP contribution in [0.15, 0.2) is 36.5 Å². The Bertz CT molecular complexity index is 717. The molecule has 0 bridgehead atoms. The summed E-state index contributed by atoms with van der Waals surface area (Å²) < 4.78 is 13.1. The van der Waals surface area contributed by atoms with E-state index in [2.05, 4.69) is 10.3 Å². The number of hydrogen-bond donors (Lipinski definition) is 1. The van der Waals surface area contributed by atoms with Crippen molar-refractivity contribution in [2.45, 2.75) is 19.4 Å². The molecule has 0 spiro atoms. The number of rotatable bonds is 4. The Morgan fingerprint density at radius 2 is 2.09 bits per heavy atom. The van der Waals surface area contributed by atoms with E-state index in [4.69, 9.17) is 11.6 Å². The standard InChI is InChI=1S/C17H17ClFN3O/c18-15-10-13(19)6-5-12(15)11-21-16-14(4-3-7-20-16)17(23)22-8-1-2-9-22/h3-7,10H,1-2,8-9,11H2,(H,20,21). The second-order valence-corrected chi connectivity index (χ2v) is 5.90. The molecule has 1 amide bonds. The van der Waals surface area contributed by atoms with Gasteiger partial charge in [-0.05, 0) is 42.7 Å². The van der Waals surface area contributed by atoms with Crippen LogP contribution in [0.1, 0.15) is 28.8 Å². The third kappa shape index (κ3) is 3.62. The van der Waals surface area contributed by atoms with Gasteiger partial charge in [-0.2, -0.15) is 0 Å². The maximum Gasteiger partial charge on any atom is 0.257 e. The van der Waals surface area contributed by atoms with E-state index in [1.165, 1.54) is 12.1 Å². The van der Waals surface area contributed by atoms with Crippen LogP contribution in [0, 0.1) is 5.82 Å². The first-order valence-corrected chi connectivity index (χ1v) is 7.95. The lowest BCUT2D eigenvalue weighted by atomic mass is 10.2. The molecular formula is C17H17ClFN3O. The molecule has 1 N–H and O–H groups in total. The lowest BCUT2D eigenvalue weighted by Crippen LogP contribution is -2.28. The van der Waals surface area contributed by atoms with Crippen LogP contribution in [0.3, 0.4) is 0 Å². The average Bonchev–Trinajstić information content (AvgIpc) is 3.08. The van der Waals surface area contributed by atoms with Crippen molar-refractivity contribution in [3.8, 4) is 0 Å². The number of benzene rings is 1. The van der Waals surface area contributed by atoms with Gasteiger partial charge in [0.1, 0.15) is 11.6 Å². The van der Waals surface area contributed by atoms with Gasteiger partial charge in [-0.25, -0.2) is 9.37 Å². The molecule has 1 aromatic heterocycles. The molecule has 0 unspecified atom stereocenters. The van der Waals surface area contributed by atoms with E-state index in [0.717, 1.165) is 31.5 Å². The lowest BCUT2D eigenvalue weighted by Gasteiger charge is -2.17. The summed E-state index contributed by atoms with van der Waals surface area (Å²) in [5.74, 6) is 0.134. The molecule has 0 radical (unpaired) electrons. The van der Waals surface area contributed by atoms with Gasteiger partial charge < -0.3 is 10.2 Å².